The molecule has 2 fully saturated rings. The molecule has 1 aliphatic carbocycles. The minimum Gasteiger partial charge on any atom is -0.339 e. The first-order valence-electron chi connectivity index (χ1n) is 12.5. The summed E-state index contributed by atoms with van der Waals surface area (Å²) in [7, 11) is 0. The first-order valence-corrected chi connectivity index (χ1v) is 13.3. The molecule has 5 nitrogen and oxygen atoms in total. The number of carbonyl (C=O) groups excluding carboxylic acids is 2. The van der Waals surface area contributed by atoms with Crippen molar-refractivity contribution < 1.29 is 9.59 Å². The zero-order valence-corrected chi connectivity index (χ0v) is 20.6. The van der Waals surface area contributed by atoms with Gasteiger partial charge in [0.15, 0.2) is 0 Å². The molecule has 1 saturated carbocycles. The highest BCUT2D eigenvalue weighted by atomic mass is 32.1. The molecule has 3 aromatic rings. The predicted molar refractivity (Wildman–Crippen MR) is 140 cm³/mol. The SMILES string of the molecule is O=C(/C=C/c1cccs1)N1CCC(C(Cc2ccccc2)N(C(=O)c2ccccn2)C2CC2)CC1. The summed E-state index contributed by atoms with van der Waals surface area (Å²) in [5, 5.41) is 2.01. The number of benzene rings is 1. The minimum absolute atomic E-state index is 0.0337. The summed E-state index contributed by atoms with van der Waals surface area (Å²) >= 11 is 1.63. The Kier molecular flexibility index (Phi) is 7.38. The van der Waals surface area contributed by atoms with Crippen LogP contribution in [-0.4, -0.2) is 51.8 Å². The van der Waals surface area contributed by atoms with Gasteiger partial charge in [0.25, 0.3) is 5.91 Å². The van der Waals surface area contributed by atoms with Gasteiger partial charge in [-0.2, -0.15) is 0 Å². The van der Waals surface area contributed by atoms with Crippen molar-refractivity contribution in [3.63, 3.8) is 0 Å². The summed E-state index contributed by atoms with van der Waals surface area (Å²) in [4.78, 5) is 36.0. The Bertz CT molecular complexity index is 1140. The van der Waals surface area contributed by atoms with E-state index in [-0.39, 0.29) is 23.9 Å². The Balaban J connectivity index is 1.33. The van der Waals surface area contributed by atoms with Gasteiger partial charge in [-0.15, -0.1) is 11.3 Å². The lowest BCUT2D eigenvalue weighted by molar-refractivity contribution is -0.127. The van der Waals surface area contributed by atoms with Gasteiger partial charge < -0.3 is 9.80 Å². The van der Waals surface area contributed by atoms with E-state index >= 15 is 0 Å². The van der Waals surface area contributed by atoms with Crippen molar-refractivity contribution in [1.29, 1.82) is 0 Å². The topological polar surface area (TPSA) is 53.5 Å². The number of nitrogens with zero attached hydrogens (tertiary/aromatic N) is 3. The van der Waals surface area contributed by atoms with Gasteiger partial charge in [0.1, 0.15) is 5.69 Å². The normalized spacial score (nSPS) is 17.4. The Morgan fingerprint density at radius 2 is 1.77 bits per heavy atom. The Morgan fingerprint density at radius 3 is 2.43 bits per heavy atom. The zero-order chi connectivity index (χ0) is 24.0. The van der Waals surface area contributed by atoms with Crippen LogP contribution in [0.15, 0.2) is 78.3 Å². The molecular formula is C29H31N3O2S. The smallest absolute Gasteiger partial charge is 0.272 e. The molecule has 3 heterocycles. The van der Waals surface area contributed by atoms with E-state index in [1.54, 1.807) is 23.6 Å². The highest BCUT2D eigenvalue weighted by Gasteiger charge is 2.42. The molecule has 0 spiro atoms. The van der Waals surface area contributed by atoms with Crippen molar-refractivity contribution in [2.75, 3.05) is 13.1 Å². The molecule has 1 aromatic carbocycles. The van der Waals surface area contributed by atoms with E-state index in [1.165, 1.54) is 5.56 Å². The Labute approximate surface area is 211 Å². The van der Waals surface area contributed by atoms with Crippen molar-refractivity contribution in [3.8, 4) is 0 Å². The van der Waals surface area contributed by atoms with Crippen LogP contribution in [0, 0.1) is 5.92 Å². The highest BCUT2D eigenvalue weighted by molar-refractivity contribution is 7.10. The van der Waals surface area contributed by atoms with Gasteiger partial charge in [0.2, 0.25) is 5.91 Å². The quantitative estimate of drug-likeness (QED) is 0.406. The van der Waals surface area contributed by atoms with Gasteiger partial charge >= 0.3 is 0 Å². The monoisotopic (exact) mass is 485 g/mol. The van der Waals surface area contributed by atoms with Crippen LogP contribution in [0.3, 0.4) is 0 Å². The Hall–Kier alpha value is -3.25. The van der Waals surface area contributed by atoms with Crippen LogP contribution in [0.2, 0.25) is 0 Å². The van der Waals surface area contributed by atoms with E-state index in [2.05, 4.69) is 34.1 Å². The molecule has 2 amide bonds. The van der Waals surface area contributed by atoms with Gasteiger partial charge in [-0.05, 0) is 73.2 Å². The summed E-state index contributed by atoms with van der Waals surface area (Å²) < 4.78 is 0. The fourth-order valence-electron chi connectivity index (χ4n) is 5.06. The van der Waals surface area contributed by atoms with Crippen molar-refractivity contribution in [3.05, 3.63) is 94.5 Å². The number of likely N-dealkylation sites (tertiary alicyclic amines) is 1. The minimum atomic E-state index is 0.0337. The van der Waals surface area contributed by atoms with Crippen molar-refractivity contribution in [2.24, 2.45) is 5.92 Å². The predicted octanol–water partition coefficient (Wildman–Crippen LogP) is 5.31. The second-order valence-electron chi connectivity index (χ2n) is 9.43. The Morgan fingerprint density at radius 1 is 1.00 bits per heavy atom. The number of hydrogen-bond acceptors (Lipinski definition) is 4. The lowest BCUT2D eigenvalue weighted by atomic mass is 9.84. The molecular weight excluding hydrogens is 454 g/mol. The first-order chi connectivity index (χ1) is 17.2. The molecule has 2 aliphatic rings. The van der Waals surface area contributed by atoms with Gasteiger partial charge in [0.05, 0.1) is 0 Å². The molecule has 5 rings (SSSR count). The lowest BCUT2D eigenvalue weighted by Gasteiger charge is -2.41. The van der Waals surface area contributed by atoms with Crippen LogP contribution >= 0.6 is 11.3 Å². The largest absolute Gasteiger partial charge is 0.339 e. The number of aromatic nitrogens is 1. The van der Waals surface area contributed by atoms with Crippen molar-refractivity contribution in [2.45, 2.75) is 44.2 Å². The fraction of sp³-hybridized carbons (Fsp3) is 0.345. The third-order valence-electron chi connectivity index (χ3n) is 7.03. The van der Waals surface area contributed by atoms with Crippen LogP contribution in [0.5, 0.6) is 0 Å². The third-order valence-corrected chi connectivity index (χ3v) is 7.87. The average Bonchev–Trinajstić information content (AvgIpc) is 3.61. The molecule has 6 heteroatoms. The lowest BCUT2D eigenvalue weighted by Crippen LogP contribution is -2.51. The van der Waals surface area contributed by atoms with E-state index < -0.39 is 0 Å². The number of piperidine rings is 1. The molecule has 180 valence electrons. The maximum absolute atomic E-state index is 13.7. The summed E-state index contributed by atoms with van der Waals surface area (Å²) in [6.45, 7) is 1.44. The number of thiophene rings is 1. The van der Waals surface area contributed by atoms with E-state index in [0.717, 1.165) is 50.1 Å². The van der Waals surface area contributed by atoms with Gasteiger partial charge in [0, 0.05) is 42.3 Å². The summed E-state index contributed by atoms with van der Waals surface area (Å²) in [6.07, 6.45) is 10.0. The summed E-state index contributed by atoms with van der Waals surface area (Å²) in [5.41, 5.74) is 1.76. The molecule has 35 heavy (non-hydrogen) atoms. The number of rotatable bonds is 8. The van der Waals surface area contributed by atoms with Gasteiger partial charge in [-0.3, -0.25) is 14.6 Å². The maximum Gasteiger partial charge on any atom is 0.272 e. The molecule has 0 bridgehead atoms. The molecule has 1 aliphatic heterocycles. The number of pyridine rings is 1. The van der Waals surface area contributed by atoms with E-state index in [4.69, 9.17) is 0 Å². The third kappa shape index (κ3) is 5.88. The standard InChI is InChI=1S/C29H31N3O2S/c33-28(14-13-25-9-6-20-35-25)31-18-15-23(16-19-31)27(21-22-7-2-1-3-8-22)32(24-11-12-24)29(34)26-10-4-5-17-30-26/h1-10,13-14,17,20,23-24,27H,11-12,15-16,18-19,21H2/b14-13+. The summed E-state index contributed by atoms with van der Waals surface area (Å²) in [6, 6.07) is 20.4. The number of carbonyl (C=O) groups is 2. The van der Waals surface area contributed by atoms with Crippen molar-refractivity contribution in [1.82, 2.24) is 14.8 Å². The molecule has 1 saturated heterocycles. The molecule has 1 unspecified atom stereocenters. The number of amides is 2. The van der Waals surface area contributed by atoms with Crippen molar-refractivity contribution >= 4 is 29.2 Å². The molecule has 2 aromatic heterocycles. The fourth-order valence-corrected chi connectivity index (χ4v) is 5.68. The van der Waals surface area contributed by atoms with Gasteiger partial charge in [-0.25, -0.2) is 0 Å². The van der Waals surface area contributed by atoms with Crippen LogP contribution in [0.1, 0.15) is 46.6 Å². The van der Waals surface area contributed by atoms with E-state index in [1.807, 2.05) is 52.8 Å². The molecule has 0 N–H and O–H groups in total. The zero-order valence-electron chi connectivity index (χ0n) is 19.8. The maximum atomic E-state index is 13.7. The summed E-state index contributed by atoms with van der Waals surface area (Å²) in [5.74, 6) is 0.445. The van der Waals surface area contributed by atoms with Crippen LogP contribution in [0.25, 0.3) is 6.08 Å². The van der Waals surface area contributed by atoms with Crippen LogP contribution in [0.4, 0.5) is 0 Å². The van der Waals surface area contributed by atoms with Crippen LogP contribution < -0.4 is 0 Å². The van der Waals surface area contributed by atoms with Gasteiger partial charge in [-0.1, -0.05) is 42.5 Å². The second kappa shape index (κ2) is 11.0. The first kappa shape index (κ1) is 23.5. The number of hydrogen-bond donors (Lipinski definition) is 0. The average molecular weight is 486 g/mol. The van der Waals surface area contributed by atoms with Crippen LogP contribution in [-0.2, 0) is 11.2 Å². The second-order valence-corrected chi connectivity index (χ2v) is 10.4. The van der Waals surface area contributed by atoms with E-state index in [9.17, 15) is 9.59 Å². The van der Waals surface area contributed by atoms with E-state index in [0.29, 0.717) is 11.6 Å². The molecule has 1 atom stereocenters. The highest BCUT2D eigenvalue weighted by Crippen LogP contribution is 2.36. The molecule has 0 radical (unpaired) electrons.